The molecule has 9 heteroatoms. The molecule has 5 rings (SSSR count). The molecular formula is C23H19FN2O5S. The fraction of sp³-hybridized carbons (Fsp3) is 0.304. The van der Waals surface area contributed by atoms with Crippen molar-refractivity contribution in [3.63, 3.8) is 0 Å². The first-order chi connectivity index (χ1) is 15.4. The molecule has 3 aliphatic heterocycles. The Hall–Kier alpha value is -3.20. The number of fused-ring (bicyclic) bond motifs is 2. The number of amides is 3. The van der Waals surface area contributed by atoms with E-state index in [2.05, 4.69) is 0 Å². The molecule has 2 unspecified atom stereocenters. The lowest BCUT2D eigenvalue weighted by molar-refractivity contribution is -0.154. The number of rotatable bonds is 5. The van der Waals surface area contributed by atoms with Crippen molar-refractivity contribution in [3.05, 3.63) is 71.0 Å². The van der Waals surface area contributed by atoms with Gasteiger partial charge in [-0.2, -0.15) is 0 Å². The van der Waals surface area contributed by atoms with Crippen LogP contribution in [0.5, 0.6) is 0 Å². The summed E-state index contributed by atoms with van der Waals surface area (Å²) in [7, 11) is 0. The predicted octanol–water partition coefficient (Wildman–Crippen LogP) is 2.56. The van der Waals surface area contributed by atoms with E-state index < -0.39 is 28.7 Å². The van der Waals surface area contributed by atoms with Gasteiger partial charge in [0.05, 0.1) is 17.7 Å². The number of nitrogens with zero attached hydrogens (tertiary/aromatic N) is 2. The van der Waals surface area contributed by atoms with Crippen LogP contribution in [0.25, 0.3) is 0 Å². The molecular weight excluding hydrogens is 435 g/mol. The van der Waals surface area contributed by atoms with Crippen LogP contribution in [0.1, 0.15) is 39.1 Å². The van der Waals surface area contributed by atoms with Gasteiger partial charge in [-0.15, -0.1) is 11.8 Å². The molecule has 0 aliphatic carbocycles. The van der Waals surface area contributed by atoms with E-state index in [9.17, 15) is 23.6 Å². The number of benzene rings is 2. The maximum atomic E-state index is 13.4. The number of carbonyl (C=O) groups is 4. The third-order valence-corrected chi connectivity index (χ3v) is 7.73. The number of thioether (sulfide) groups is 1. The number of hydrogen-bond acceptors (Lipinski definition) is 6. The fourth-order valence-corrected chi connectivity index (χ4v) is 6.24. The van der Waals surface area contributed by atoms with E-state index in [1.54, 1.807) is 41.3 Å². The Morgan fingerprint density at radius 2 is 1.72 bits per heavy atom. The van der Waals surface area contributed by atoms with Gasteiger partial charge < -0.3 is 9.64 Å². The summed E-state index contributed by atoms with van der Waals surface area (Å²) in [6, 6.07) is 11.8. The number of ether oxygens (including phenoxy) is 1. The number of halogens is 1. The van der Waals surface area contributed by atoms with Gasteiger partial charge in [0.25, 0.3) is 11.8 Å². The van der Waals surface area contributed by atoms with Crippen LogP contribution in [0.3, 0.4) is 0 Å². The summed E-state index contributed by atoms with van der Waals surface area (Å²) in [5, 5.41) is 0. The van der Waals surface area contributed by atoms with Gasteiger partial charge in [0.15, 0.2) is 0 Å². The maximum Gasteiger partial charge on any atom is 0.329 e. The normalized spacial score (nSPS) is 24.2. The molecule has 7 nitrogen and oxygen atoms in total. The molecule has 2 fully saturated rings. The zero-order chi connectivity index (χ0) is 22.5. The quantitative estimate of drug-likeness (QED) is 0.510. The van der Waals surface area contributed by atoms with Crippen LogP contribution in [0.4, 0.5) is 4.39 Å². The topological polar surface area (TPSA) is 84.0 Å². The first-order valence-electron chi connectivity index (χ1n) is 10.3. The second-order valence-corrected chi connectivity index (χ2v) is 9.15. The molecule has 32 heavy (non-hydrogen) atoms. The van der Waals surface area contributed by atoms with E-state index in [1.807, 2.05) is 0 Å². The Bertz CT molecular complexity index is 1100. The van der Waals surface area contributed by atoms with Crippen molar-refractivity contribution in [1.82, 2.24) is 9.80 Å². The molecule has 0 bridgehead atoms. The minimum absolute atomic E-state index is 0.0605. The summed E-state index contributed by atoms with van der Waals surface area (Å²) in [5.41, 5.74) is 1.45. The Labute approximate surface area is 187 Å². The van der Waals surface area contributed by atoms with Gasteiger partial charge in [-0.1, -0.05) is 24.3 Å². The van der Waals surface area contributed by atoms with Gasteiger partial charge in [-0.3, -0.25) is 19.3 Å². The van der Waals surface area contributed by atoms with Crippen molar-refractivity contribution in [3.8, 4) is 0 Å². The largest absolute Gasteiger partial charge is 0.462 e. The number of imide groups is 1. The SMILES string of the molecule is O=C(OCCN1C(=O)c2ccccc2C1=O)C1CSC2(c3ccc(F)cc3)CCC(=O)N12. The Morgan fingerprint density at radius 3 is 2.38 bits per heavy atom. The summed E-state index contributed by atoms with van der Waals surface area (Å²) in [6.45, 7) is -0.216. The monoisotopic (exact) mass is 454 g/mol. The fourth-order valence-electron chi connectivity index (χ4n) is 4.60. The van der Waals surface area contributed by atoms with Crippen molar-refractivity contribution in [2.75, 3.05) is 18.9 Å². The van der Waals surface area contributed by atoms with Gasteiger partial charge in [-0.05, 0) is 36.2 Å². The highest BCUT2D eigenvalue weighted by molar-refractivity contribution is 8.00. The minimum Gasteiger partial charge on any atom is -0.462 e. The van der Waals surface area contributed by atoms with E-state index >= 15 is 0 Å². The van der Waals surface area contributed by atoms with Crippen molar-refractivity contribution in [2.24, 2.45) is 0 Å². The average molecular weight is 454 g/mol. The van der Waals surface area contributed by atoms with Crippen LogP contribution in [-0.2, 0) is 19.2 Å². The molecule has 2 atom stereocenters. The second kappa shape index (κ2) is 7.74. The van der Waals surface area contributed by atoms with E-state index in [0.717, 1.165) is 10.5 Å². The second-order valence-electron chi connectivity index (χ2n) is 7.86. The summed E-state index contributed by atoms with van der Waals surface area (Å²) in [6.07, 6.45) is 0.824. The minimum atomic E-state index is -0.776. The van der Waals surface area contributed by atoms with Crippen molar-refractivity contribution in [1.29, 1.82) is 0 Å². The zero-order valence-corrected chi connectivity index (χ0v) is 17.8. The third kappa shape index (κ3) is 3.10. The van der Waals surface area contributed by atoms with Crippen LogP contribution in [0.15, 0.2) is 48.5 Å². The molecule has 164 valence electrons. The number of hydrogen-bond donors (Lipinski definition) is 0. The van der Waals surface area contributed by atoms with Crippen molar-refractivity contribution in [2.45, 2.75) is 23.8 Å². The van der Waals surface area contributed by atoms with E-state index in [1.165, 1.54) is 23.9 Å². The van der Waals surface area contributed by atoms with Gasteiger partial charge in [0, 0.05) is 12.2 Å². The highest BCUT2D eigenvalue weighted by atomic mass is 32.2. The molecule has 2 saturated heterocycles. The van der Waals surface area contributed by atoms with Gasteiger partial charge in [0.1, 0.15) is 23.3 Å². The maximum absolute atomic E-state index is 13.4. The molecule has 0 spiro atoms. The summed E-state index contributed by atoms with van der Waals surface area (Å²) < 4.78 is 18.8. The summed E-state index contributed by atoms with van der Waals surface area (Å²) in [4.78, 5) is 52.3. The first kappa shape index (κ1) is 20.7. The highest BCUT2D eigenvalue weighted by Gasteiger charge is 2.57. The first-order valence-corrected chi connectivity index (χ1v) is 11.2. The van der Waals surface area contributed by atoms with Crippen molar-refractivity contribution >= 4 is 35.5 Å². The molecule has 3 aliphatic rings. The number of esters is 1. The van der Waals surface area contributed by atoms with Gasteiger partial charge in [-0.25, -0.2) is 9.18 Å². The Kier molecular flexibility index (Phi) is 5.00. The Balaban J connectivity index is 1.26. The van der Waals surface area contributed by atoms with Crippen LogP contribution in [0.2, 0.25) is 0 Å². The standard InChI is InChI=1S/C23H19FN2O5S/c24-15-7-5-14(6-8-15)23-10-9-19(27)26(23)18(13-32-23)22(30)31-12-11-25-20(28)16-3-1-2-4-17(16)21(25)29/h1-8,18H,9-13H2. The van der Waals surface area contributed by atoms with Crippen LogP contribution >= 0.6 is 11.8 Å². The molecule has 2 aromatic carbocycles. The lowest BCUT2D eigenvalue weighted by Gasteiger charge is -2.33. The van der Waals surface area contributed by atoms with Crippen LogP contribution in [0, 0.1) is 5.82 Å². The van der Waals surface area contributed by atoms with Gasteiger partial charge in [0.2, 0.25) is 5.91 Å². The Morgan fingerprint density at radius 1 is 1.06 bits per heavy atom. The highest BCUT2D eigenvalue weighted by Crippen LogP contribution is 2.54. The van der Waals surface area contributed by atoms with Crippen LogP contribution < -0.4 is 0 Å². The molecule has 0 N–H and O–H groups in total. The molecule has 2 aromatic rings. The molecule has 3 heterocycles. The lowest BCUT2D eigenvalue weighted by Crippen LogP contribution is -2.47. The molecule has 0 radical (unpaired) electrons. The third-order valence-electron chi connectivity index (χ3n) is 6.13. The lowest BCUT2D eigenvalue weighted by atomic mass is 10.0. The van der Waals surface area contributed by atoms with Crippen molar-refractivity contribution < 1.29 is 28.3 Å². The zero-order valence-electron chi connectivity index (χ0n) is 17.0. The predicted molar refractivity (Wildman–Crippen MR) is 113 cm³/mol. The van der Waals surface area contributed by atoms with Crippen LogP contribution in [-0.4, -0.2) is 58.4 Å². The summed E-state index contributed by atoms with van der Waals surface area (Å²) >= 11 is 1.47. The molecule has 3 amide bonds. The molecule has 0 aromatic heterocycles. The van der Waals surface area contributed by atoms with Gasteiger partial charge >= 0.3 is 5.97 Å². The average Bonchev–Trinajstić information content (AvgIpc) is 3.42. The smallest absolute Gasteiger partial charge is 0.329 e. The molecule has 0 saturated carbocycles. The van der Waals surface area contributed by atoms with E-state index in [-0.39, 0.29) is 24.9 Å². The van der Waals surface area contributed by atoms with E-state index in [0.29, 0.717) is 29.7 Å². The number of carbonyl (C=O) groups excluding carboxylic acids is 4. The van der Waals surface area contributed by atoms with E-state index in [4.69, 9.17) is 4.74 Å². The summed E-state index contributed by atoms with van der Waals surface area (Å²) in [5.74, 6) is -1.57.